The number of esters is 3. The highest BCUT2D eigenvalue weighted by molar-refractivity contribution is 5.71. The van der Waals surface area contributed by atoms with Crippen molar-refractivity contribution in [1.82, 2.24) is 0 Å². The molecule has 6 heteroatoms. The Hall–Kier alpha value is -3.93. The Labute approximate surface area is 438 Å². The first kappa shape index (κ1) is 67.1. The van der Waals surface area contributed by atoms with Crippen LogP contribution in [0.5, 0.6) is 0 Å². The van der Waals surface area contributed by atoms with Crippen LogP contribution in [-0.4, -0.2) is 37.2 Å². The maximum Gasteiger partial charge on any atom is 0.306 e. The average molecular weight is 986 g/mol. The Morgan fingerprint density at radius 2 is 0.549 bits per heavy atom. The molecule has 404 valence electrons. The Balaban J connectivity index is 4.49. The summed E-state index contributed by atoms with van der Waals surface area (Å²) in [5.41, 5.74) is 0. The van der Waals surface area contributed by atoms with Gasteiger partial charge in [-0.15, -0.1) is 0 Å². The highest BCUT2D eigenvalue weighted by Crippen LogP contribution is 2.14. The van der Waals surface area contributed by atoms with E-state index in [0.717, 1.165) is 122 Å². The number of hydrogen-bond donors (Lipinski definition) is 0. The average Bonchev–Trinajstić information content (AvgIpc) is 3.37. The first-order valence-electron chi connectivity index (χ1n) is 29.4. The minimum absolute atomic E-state index is 0.0975. The number of carbonyl (C=O) groups is 3. The molecule has 0 aliphatic heterocycles. The van der Waals surface area contributed by atoms with Crippen LogP contribution < -0.4 is 0 Å². The molecule has 0 rings (SSSR count). The lowest BCUT2D eigenvalue weighted by molar-refractivity contribution is -0.167. The molecule has 0 aromatic heterocycles. The van der Waals surface area contributed by atoms with E-state index < -0.39 is 6.10 Å². The molecule has 0 heterocycles. The zero-order valence-electron chi connectivity index (χ0n) is 46.2. The van der Waals surface area contributed by atoms with Gasteiger partial charge in [0.25, 0.3) is 0 Å². The van der Waals surface area contributed by atoms with Crippen molar-refractivity contribution in [3.63, 3.8) is 0 Å². The Morgan fingerprint density at radius 3 is 0.873 bits per heavy atom. The van der Waals surface area contributed by atoms with Crippen LogP contribution in [0, 0.1) is 0 Å². The second-order valence-corrected chi connectivity index (χ2v) is 19.2. The van der Waals surface area contributed by atoms with Crippen LogP contribution in [0.2, 0.25) is 0 Å². The van der Waals surface area contributed by atoms with E-state index in [2.05, 4.69) is 130 Å². The van der Waals surface area contributed by atoms with Crippen LogP contribution in [-0.2, 0) is 28.6 Å². The van der Waals surface area contributed by atoms with Gasteiger partial charge in [0, 0.05) is 19.3 Å². The third kappa shape index (κ3) is 56.9. The fourth-order valence-corrected chi connectivity index (χ4v) is 7.82. The molecule has 0 aliphatic carbocycles. The van der Waals surface area contributed by atoms with Crippen LogP contribution in [0.3, 0.4) is 0 Å². The summed E-state index contributed by atoms with van der Waals surface area (Å²) < 4.78 is 16.9. The van der Waals surface area contributed by atoms with Crippen molar-refractivity contribution in [3.8, 4) is 0 Å². The molecule has 1 unspecified atom stereocenters. The van der Waals surface area contributed by atoms with Gasteiger partial charge in [-0.3, -0.25) is 14.4 Å². The van der Waals surface area contributed by atoms with Crippen LogP contribution in [0.15, 0.2) is 109 Å². The number of rotatable bonds is 52. The fourth-order valence-electron chi connectivity index (χ4n) is 7.82. The summed E-state index contributed by atoms with van der Waals surface area (Å²) in [6, 6.07) is 0. The zero-order valence-corrected chi connectivity index (χ0v) is 46.2. The molecule has 0 spiro atoms. The van der Waals surface area contributed by atoms with Crippen LogP contribution >= 0.6 is 0 Å². The van der Waals surface area contributed by atoms with E-state index in [0.29, 0.717) is 19.3 Å². The molecule has 1 atom stereocenters. The molecule has 71 heavy (non-hydrogen) atoms. The van der Waals surface area contributed by atoms with Crippen LogP contribution in [0.4, 0.5) is 0 Å². The van der Waals surface area contributed by atoms with Crippen molar-refractivity contribution in [1.29, 1.82) is 0 Å². The third-order valence-corrected chi connectivity index (χ3v) is 12.2. The molecule has 6 nitrogen and oxygen atoms in total. The Bertz CT molecular complexity index is 1460. The second-order valence-electron chi connectivity index (χ2n) is 19.2. The minimum atomic E-state index is -0.802. The third-order valence-electron chi connectivity index (χ3n) is 12.2. The van der Waals surface area contributed by atoms with Crippen LogP contribution in [0.1, 0.15) is 265 Å². The predicted octanol–water partition coefficient (Wildman–Crippen LogP) is 19.9. The summed E-state index contributed by atoms with van der Waals surface area (Å²) in [5, 5.41) is 0. The maximum atomic E-state index is 12.9. The summed E-state index contributed by atoms with van der Waals surface area (Å²) in [6.45, 7) is 6.44. The highest BCUT2D eigenvalue weighted by atomic mass is 16.6. The topological polar surface area (TPSA) is 78.9 Å². The Morgan fingerprint density at radius 1 is 0.296 bits per heavy atom. The van der Waals surface area contributed by atoms with Gasteiger partial charge in [-0.05, 0) is 128 Å². The number of hydrogen-bond acceptors (Lipinski definition) is 6. The number of carbonyl (C=O) groups excluding carboxylic acids is 3. The molecular formula is C65H108O6. The molecule has 0 bridgehead atoms. The van der Waals surface area contributed by atoms with E-state index in [4.69, 9.17) is 14.2 Å². The monoisotopic (exact) mass is 985 g/mol. The van der Waals surface area contributed by atoms with Gasteiger partial charge < -0.3 is 14.2 Å². The number of unbranched alkanes of at least 4 members (excludes halogenated alkanes) is 23. The lowest BCUT2D eigenvalue weighted by Gasteiger charge is -2.18. The highest BCUT2D eigenvalue weighted by Gasteiger charge is 2.19. The standard InChI is InChI=1S/C65H108O6/c1-4-7-10-13-16-19-22-25-28-31-32-35-37-40-43-46-49-52-55-58-64(67)70-61-62(71-65(68)59-56-53-50-47-44-41-38-34-30-27-24-21-18-15-12-9-6-3)60-69-63(66)57-54-51-48-45-42-39-36-33-29-26-23-20-17-14-11-8-5-2/h7,10,16-21,25-30,32,35,40,43,62H,4-6,8-9,11-15,22-24,31,33-34,36-39,41-42,44-61H2,1-3H3/b10-7-,19-16-,20-17-,21-18-,28-25-,29-26-,30-27-,35-32-,43-40-. The molecule has 0 aromatic carbocycles. The minimum Gasteiger partial charge on any atom is -0.462 e. The summed E-state index contributed by atoms with van der Waals surface area (Å²) in [5.74, 6) is -0.944. The molecule has 0 saturated carbocycles. The normalized spacial score (nSPS) is 12.9. The van der Waals surface area contributed by atoms with Gasteiger partial charge >= 0.3 is 17.9 Å². The van der Waals surface area contributed by atoms with Crippen molar-refractivity contribution >= 4 is 17.9 Å². The van der Waals surface area contributed by atoms with Crippen LogP contribution in [0.25, 0.3) is 0 Å². The van der Waals surface area contributed by atoms with E-state index in [1.54, 1.807) is 0 Å². The number of allylic oxidation sites excluding steroid dienone is 18. The molecule has 0 radical (unpaired) electrons. The molecule has 0 saturated heterocycles. The predicted molar refractivity (Wildman–Crippen MR) is 307 cm³/mol. The summed E-state index contributed by atoms with van der Waals surface area (Å²) in [6.07, 6.45) is 79.3. The van der Waals surface area contributed by atoms with E-state index in [1.807, 2.05) is 0 Å². The lowest BCUT2D eigenvalue weighted by Crippen LogP contribution is -2.30. The van der Waals surface area contributed by atoms with Gasteiger partial charge in [0.2, 0.25) is 0 Å². The van der Waals surface area contributed by atoms with E-state index >= 15 is 0 Å². The van der Waals surface area contributed by atoms with Crippen molar-refractivity contribution in [2.24, 2.45) is 0 Å². The van der Waals surface area contributed by atoms with Crippen molar-refractivity contribution in [2.45, 2.75) is 271 Å². The van der Waals surface area contributed by atoms with Crippen molar-refractivity contribution in [3.05, 3.63) is 109 Å². The van der Waals surface area contributed by atoms with Gasteiger partial charge in [0.1, 0.15) is 13.2 Å². The molecule has 0 fully saturated rings. The fraction of sp³-hybridized carbons (Fsp3) is 0.677. The smallest absolute Gasteiger partial charge is 0.306 e. The first-order valence-corrected chi connectivity index (χ1v) is 29.4. The quantitative estimate of drug-likeness (QED) is 0.0261. The SMILES string of the molecule is CC/C=C\C/C=C\C/C=C\C/C=C\C/C=C\CCCCCC(=O)OCC(COC(=O)CCCCCCCCC/C=C\C/C=C\CCCCC)OC(=O)CCCCCCCCC/C=C\C/C=C\CCCCC. The van der Waals surface area contributed by atoms with E-state index in [9.17, 15) is 14.4 Å². The largest absolute Gasteiger partial charge is 0.462 e. The van der Waals surface area contributed by atoms with Crippen molar-refractivity contribution < 1.29 is 28.6 Å². The summed E-state index contributed by atoms with van der Waals surface area (Å²) in [4.78, 5) is 38.2. The molecule has 0 amide bonds. The molecule has 0 N–H and O–H groups in total. The van der Waals surface area contributed by atoms with Gasteiger partial charge in [-0.1, -0.05) is 226 Å². The molecule has 0 aliphatic rings. The van der Waals surface area contributed by atoms with Gasteiger partial charge in [-0.25, -0.2) is 0 Å². The second kappa shape index (κ2) is 58.6. The summed E-state index contributed by atoms with van der Waals surface area (Å²) >= 11 is 0. The van der Waals surface area contributed by atoms with Gasteiger partial charge in [-0.2, -0.15) is 0 Å². The lowest BCUT2D eigenvalue weighted by atomic mass is 10.1. The van der Waals surface area contributed by atoms with Crippen molar-refractivity contribution in [2.75, 3.05) is 13.2 Å². The molecule has 0 aromatic rings. The zero-order chi connectivity index (χ0) is 51.4. The maximum absolute atomic E-state index is 12.9. The van der Waals surface area contributed by atoms with Gasteiger partial charge in [0.05, 0.1) is 0 Å². The molecular weight excluding hydrogens is 877 g/mol. The van der Waals surface area contributed by atoms with E-state index in [-0.39, 0.29) is 31.1 Å². The summed E-state index contributed by atoms with van der Waals surface area (Å²) in [7, 11) is 0. The van der Waals surface area contributed by atoms with E-state index in [1.165, 1.54) is 103 Å². The first-order chi connectivity index (χ1) is 35.0. The Kier molecular flexibility index (Phi) is 55.4. The van der Waals surface area contributed by atoms with Gasteiger partial charge in [0.15, 0.2) is 6.10 Å². The number of ether oxygens (including phenoxy) is 3.